The van der Waals surface area contributed by atoms with Gasteiger partial charge in [-0.2, -0.15) is 5.26 Å². The van der Waals surface area contributed by atoms with Crippen LogP contribution in [-0.4, -0.2) is 18.7 Å². The van der Waals surface area contributed by atoms with Crippen LogP contribution in [0.15, 0.2) is 24.3 Å². The largest absolute Gasteiger partial charge is 0.490 e. The summed E-state index contributed by atoms with van der Waals surface area (Å²) < 4.78 is 6.08. The highest BCUT2D eigenvalue weighted by atomic mass is 16.5. The van der Waals surface area contributed by atoms with Crippen LogP contribution in [0.25, 0.3) is 0 Å². The fourth-order valence-corrected chi connectivity index (χ4v) is 2.71. The third kappa shape index (κ3) is 3.13. The lowest BCUT2D eigenvalue weighted by molar-refractivity contribution is 0.201. The molecule has 1 N–H and O–H groups in total. The van der Waals surface area contributed by atoms with Gasteiger partial charge in [-0.05, 0) is 43.0 Å². The molecule has 108 valence electrons. The second-order valence-corrected chi connectivity index (χ2v) is 6.70. The van der Waals surface area contributed by atoms with Gasteiger partial charge in [0.25, 0.3) is 0 Å². The Morgan fingerprint density at radius 1 is 1.40 bits per heavy atom. The Labute approximate surface area is 121 Å². The Bertz CT molecular complexity index is 512. The van der Waals surface area contributed by atoms with Crippen molar-refractivity contribution in [2.24, 2.45) is 0 Å². The molecule has 0 radical (unpaired) electrons. The first-order valence-corrected chi connectivity index (χ1v) is 7.26. The molecule has 0 bridgehead atoms. The highest BCUT2D eigenvalue weighted by Crippen LogP contribution is 2.33. The van der Waals surface area contributed by atoms with E-state index >= 15 is 0 Å². The minimum absolute atomic E-state index is 0.121. The van der Waals surface area contributed by atoms with Crippen molar-refractivity contribution < 1.29 is 4.74 Å². The first kappa shape index (κ1) is 14.9. The lowest BCUT2D eigenvalue weighted by Gasteiger charge is -2.22. The molecule has 1 aromatic carbocycles. The lowest BCUT2D eigenvalue weighted by atomic mass is 9.87. The normalized spacial score (nSPS) is 26.2. The molecule has 2 unspecified atom stereocenters. The predicted octanol–water partition coefficient (Wildman–Crippen LogP) is 3.40. The smallest absolute Gasteiger partial charge is 0.120 e. The van der Waals surface area contributed by atoms with E-state index in [2.05, 4.69) is 44.3 Å². The Kier molecular flexibility index (Phi) is 4.06. The van der Waals surface area contributed by atoms with Gasteiger partial charge in [-0.15, -0.1) is 0 Å². The molecule has 1 aromatic rings. The van der Waals surface area contributed by atoms with Gasteiger partial charge >= 0.3 is 0 Å². The minimum Gasteiger partial charge on any atom is -0.490 e. The average Bonchev–Trinajstić information content (AvgIpc) is 2.82. The SMILES string of the molecule is CNC1(C#N)CCC(Oc2cccc(C(C)(C)C)c2)C1. The van der Waals surface area contributed by atoms with Gasteiger partial charge in [0.15, 0.2) is 0 Å². The lowest BCUT2D eigenvalue weighted by Crippen LogP contribution is -2.39. The zero-order valence-corrected chi connectivity index (χ0v) is 12.9. The predicted molar refractivity (Wildman–Crippen MR) is 80.8 cm³/mol. The molecule has 0 amide bonds. The Morgan fingerprint density at radius 3 is 2.70 bits per heavy atom. The van der Waals surface area contributed by atoms with Crippen LogP contribution in [0.2, 0.25) is 0 Å². The number of nitrogens with one attached hydrogen (secondary N) is 1. The second kappa shape index (κ2) is 5.46. The summed E-state index contributed by atoms with van der Waals surface area (Å²) in [6.45, 7) is 6.59. The first-order chi connectivity index (χ1) is 9.38. The molecule has 3 heteroatoms. The van der Waals surface area contributed by atoms with Crippen LogP contribution in [0.5, 0.6) is 5.75 Å². The quantitative estimate of drug-likeness (QED) is 0.917. The summed E-state index contributed by atoms with van der Waals surface area (Å²) in [5, 5.41) is 12.4. The summed E-state index contributed by atoms with van der Waals surface area (Å²) in [6, 6.07) is 10.7. The molecule has 0 heterocycles. The summed E-state index contributed by atoms with van der Waals surface area (Å²) in [5.41, 5.74) is 0.982. The maximum atomic E-state index is 9.28. The Morgan fingerprint density at radius 2 is 2.15 bits per heavy atom. The Balaban J connectivity index is 2.07. The van der Waals surface area contributed by atoms with Gasteiger partial charge in [0.05, 0.1) is 6.07 Å². The minimum atomic E-state index is -0.410. The van der Waals surface area contributed by atoms with Crippen LogP contribution in [-0.2, 0) is 5.41 Å². The maximum absolute atomic E-state index is 9.28. The van der Waals surface area contributed by atoms with Crippen LogP contribution < -0.4 is 10.1 Å². The maximum Gasteiger partial charge on any atom is 0.120 e. The molecular formula is C17H24N2O. The van der Waals surface area contributed by atoms with Gasteiger partial charge in [-0.3, -0.25) is 0 Å². The van der Waals surface area contributed by atoms with Crippen molar-refractivity contribution in [2.45, 2.75) is 57.1 Å². The molecule has 2 atom stereocenters. The fourth-order valence-electron chi connectivity index (χ4n) is 2.71. The van der Waals surface area contributed by atoms with Crippen molar-refractivity contribution >= 4 is 0 Å². The molecule has 3 nitrogen and oxygen atoms in total. The molecule has 20 heavy (non-hydrogen) atoms. The molecule has 0 aromatic heterocycles. The third-order valence-electron chi connectivity index (χ3n) is 4.16. The molecule has 2 rings (SSSR count). The van der Waals surface area contributed by atoms with Crippen molar-refractivity contribution in [3.8, 4) is 11.8 Å². The van der Waals surface area contributed by atoms with E-state index in [1.807, 2.05) is 19.2 Å². The summed E-state index contributed by atoms with van der Waals surface area (Å²) >= 11 is 0. The standard InChI is InChI=1S/C17H24N2O/c1-16(2,3)13-6-5-7-14(10-13)20-15-8-9-17(11-15,12-18)19-4/h5-7,10,15,19H,8-9,11H2,1-4H3. The highest BCUT2D eigenvalue weighted by molar-refractivity contribution is 5.33. The van der Waals surface area contributed by atoms with Crippen molar-refractivity contribution in [1.82, 2.24) is 5.32 Å². The topological polar surface area (TPSA) is 45.0 Å². The van der Waals surface area contributed by atoms with Crippen LogP contribution >= 0.6 is 0 Å². The van der Waals surface area contributed by atoms with Crippen molar-refractivity contribution in [3.05, 3.63) is 29.8 Å². The van der Waals surface area contributed by atoms with Gasteiger partial charge in [-0.1, -0.05) is 32.9 Å². The monoisotopic (exact) mass is 272 g/mol. The van der Waals surface area contributed by atoms with Gasteiger partial charge < -0.3 is 10.1 Å². The van der Waals surface area contributed by atoms with E-state index in [9.17, 15) is 5.26 Å². The molecule has 0 aliphatic heterocycles. The molecule has 0 spiro atoms. The number of hydrogen-bond acceptors (Lipinski definition) is 3. The van der Waals surface area contributed by atoms with E-state index in [4.69, 9.17) is 4.74 Å². The first-order valence-electron chi connectivity index (χ1n) is 7.26. The van der Waals surface area contributed by atoms with Gasteiger partial charge in [0.1, 0.15) is 17.4 Å². The van der Waals surface area contributed by atoms with E-state index in [1.165, 1.54) is 5.56 Å². The van der Waals surface area contributed by atoms with E-state index in [0.29, 0.717) is 0 Å². The van der Waals surface area contributed by atoms with E-state index in [-0.39, 0.29) is 11.5 Å². The van der Waals surface area contributed by atoms with Crippen molar-refractivity contribution in [1.29, 1.82) is 5.26 Å². The molecule has 1 aliphatic rings. The zero-order valence-electron chi connectivity index (χ0n) is 12.9. The summed E-state index contributed by atoms with van der Waals surface area (Å²) in [5.74, 6) is 0.910. The molecule has 1 aliphatic carbocycles. The number of nitrogens with zero attached hydrogens (tertiary/aromatic N) is 1. The summed E-state index contributed by atoms with van der Waals surface area (Å²) in [4.78, 5) is 0. The van der Waals surface area contributed by atoms with Crippen LogP contribution in [0, 0.1) is 11.3 Å². The van der Waals surface area contributed by atoms with Crippen molar-refractivity contribution in [2.75, 3.05) is 7.05 Å². The van der Waals surface area contributed by atoms with Crippen molar-refractivity contribution in [3.63, 3.8) is 0 Å². The molecule has 1 saturated carbocycles. The van der Waals surface area contributed by atoms with Gasteiger partial charge in [0.2, 0.25) is 0 Å². The zero-order chi connectivity index (χ0) is 14.8. The molecule has 1 fully saturated rings. The second-order valence-electron chi connectivity index (χ2n) is 6.70. The van der Waals surface area contributed by atoms with E-state index in [0.717, 1.165) is 25.0 Å². The summed E-state index contributed by atoms with van der Waals surface area (Å²) in [6.07, 6.45) is 2.65. The van der Waals surface area contributed by atoms with Crippen LogP contribution in [0.4, 0.5) is 0 Å². The number of nitriles is 1. The van der Waals surface area contributed by atoms with Gasteiger partial charge in [0, 0.05) is 6.42 Å². The number of benzene rings is 1. The molecule has 0 saturated heterocycles. The fraction of sp³-hybridized carbons (Fsp3) is 0.588. The highest BCUT2D eigenvalue weighted by Gasteiger charge is 2.39. The molecular weight excluding hydrogens is 248 g/mol. The van der Waals surface area contributed by atoms with E-state index in [1.54, 1.807) is 0 Å². The van der Waals surface area contributed by atoms with Crippen LogP contribution in [0.3, 0.4) is 0 Å². The van der Waals surface area contributed by atoms with Gasteiger partial charge in [-0.25, -0.2) is 0 Å². The number of ether oxygens (including phenoxy) is 1. The average molecular weight is 272 g/mol. The Hall–Kier alpha value is -1.53. The number of hydrogen-bond donors (Lipinski definition) is 1. The number of rotatable bonds is 3. The third-order valence-corrected chi connectivity index (χ3v) is 4.16. The summed E-state index contributed by atoms with van der Waals surface area (Å²) in [7, 11) is 1.85. The van der Waals surface area contributed by atoms with Crippen LogP contribution in [0.1, 0.15) is 45.6 Å². The van der Waals surface area contributed by atoms with E-state index < -0.39 is 5.54 Å².